The van der Waals surface area contributed by atoms with Crippen LogP contribution >= 0.6 is 11.3 Å². The summed E-state index contributed by atoms with van der Waals surface area (Å²) in [5, 5.41) is 8.09. The molecule has 25 heavy (non-hydrogen) atoms. The monoisotopic (exact) mass is 358 g/mol. The van der Waals surface area contributed by atoms with Crippen LogP contribution in [0.25, 0.3) is 0 Å². The molecule has 134 valence electrons. The van der Waals surface area contributed by atoms with Gasteiger partial charge in [-0.2, -0.15) is 0 Å². The van der Waals surface area contributed by atoms with E-state index in [0.29, 0.717) is 13.1 Å². The van der Waals surface area contributed by atoms with Crippen LogP contribution in [0.15, 0.2) is 47.8 Å². The van der Waals surface area contributed by atoms with E-state index in [-0.39, 0.29) is 12.1 Å². The average molecular weight is 359 g/mol. The van der Waals surface area contributed by atoms with Crippen LogP contribution in [-0.4, -0.2) is 55.6 Å². The molecule has 1 saturated heterocycles. The van der Waals surface area contributed by atoms with Gasteiger partial charge in [0.25, 0.3) is 0 Å². The molecule has 2 heterocycles. The van der Waals surface area contributed by atoms with E-state index in [4.69, 9.17) is 0 Å². The third-order valence-corrected chi connectivity index (χ3v) is 5.58. The van der Waals surface area contributed by atoms with Gasteiger partial charge in [-0.25, -0.2) is 4.79 Å². The van der Waals surface area contributed by atoms with Crippen molar-refractivity contribution in [1.82, 2.24) is 20.4 Å². The Morgan fingerprint density at radius 2 is 1.84 bits per heavy atom. The zero-order chi connectivity index (χ0) is 17.5. The number of urea groups is 1. The lowest BCUT2D eigenvalue weighted by Crippen LogP contribution is -2.49. The van der Waals surface area contributed by atoms with Crippen molar-refractivity contribution in [3.63, 3.8) is 0 Å². The number of piperazine rings is 1. The summed E-state index contributed by atoms with van der Waals surface area (Å²) in [6.07, 6.45) is 0. The fraction of sp³-hybridized carbons (Fsp3) is 0.421. The Hall–Kier alpha value is -1.89. The molecule has 6 heteroatoms. The number of carbonyl (C=O) groups is 1. The molecule has 2 amide bonds. The van der Waals surface area contributed by atoms with Gasteiger partial charge in [0.1, 0.15) is 0 Å². The first-order valence-electron chi connectivity index (χ1n) is 8.74. The quantitative estimate of drug-likeness (QED) is 0.834. The molecule has 1 unspecified atom stereocenters. The number of thiophene rings is 1. The van der Waals surface area contributed by atoms with Gasteiger partial charge in [0.15, 0.2) is 0 Å². The van der Waals surface area contributed by atoms with Gasteiger partial charge in [0, 0.05) is 44.1 Å². The molecular weight excluding hydrogens is 332 g/mol. The van der Waals surface area contributed by atoms with Gasteiger partial charge in [-0.15, -0.1) is 11.3 Å². The van der Waals surface area contributed by atoms with Gasteiger partial charge < -0.3 is 15.5 Å². The van der Waals surface area contributed by atoms with Crippen molar-refractivity contribution in [3.05, 3.63) is 58.3 Å². The molecule has 1 fully saturated rings. The summed E-state index contributed by atoms with van der Waals surface area (Å²) in [6, 6.07) is 14.3. The van der Waals surface area contributed by atoms with Crippen LogP contribution in [0.4, 0.5) is 4.79 Å². The highest BCUT2D eigenvalue weighted by atomic mass is 32.1. The Kier molecular flexibility index (Phi) is 6.44. The van der Waals surface area contributed by atoms with Gasteiger partial charge in [-0.1, -0.05) is 36.4 Å². The molecule has 2 N–H and O–H groups in total. The van der Waals surface area contributed by atoms with Crippen molar-refractivity contribution in [2.24, 2.45) is 0 Å². The second-order valence-electron chi connectivity index (χ2n) is 6.42. The number of likely N-dealkylation sites (N-methyl/N-ethyl adjacent to an activating group) is 1. The molecule has 1 aliphatic heterocycles. The molecule has 0 spiro atoms. The molecular formula is C19H26N4OS. The third kappa shape index (κ3) is 5.29. The maximum absolute atomic E-state index is 12.2. The highest BCUT2D eigenvalue weighted by Crippen LogP contribution is 2.25. The van der Waals surface area contributed by atoms with Crippen molar-refractivity contribution >= 4 is 17.4 Å². The number of rotatable bonds is 6. The number of benzene rings is 1. The van der Waals surface area contributed by atoms with E-state index in [2.05, 4.69) is 45.0 Å². The lowest BCUT2D eigenvalue weighted by molar-refractivity contribution is 0.112. The molecule has 1 aromatic heterocycles. The Balaban J connectivity index is 1.52. The number of amides is 2. The Morgan fingerprint density at radius 1 is 1.08 bits per heavy atom. The standard InChI is InChI=1S/C19H26N4OS/c1-22-9-11-23(12-10-22)17(18-8-5-13-25-18)15-21-19(24)20-14-16-6-3-2-4-7-16/h2-8,13,17H,9-12,14-15H2,1H3,(H2,20,21,24). The van der Waals surface area contributed by atoms with Crippen molar-refractivity contribution in [2.75, 3.05) is 39.8 Å². The lowest BCUT2D eigenvalue weighted by Gasteiger charge is -2.37. The summed E-state index contributed by atoms with van der Waals surface area (Å²) in [5.41, 5.74) is 1.10. The highest BCUT2D eigenvalue weighted by molar-refractivity contribution is 7.10. The molecule has 0 saturated carbocycles. The van der Waals surface area contributed by atoms with Crippen LogP contribution in [0.1, 0.15) is 16.5 Å². The zero-order valence-electron chi connectivity index (χ0n) is 14.6. The number of hydrogen-bond donors (Lipinski definition) is 2. The topological polar surface area (TPSA) is 47.6 Å². The van der Waals surface area contributed by atoms with Crippen molar-refractivity contribution in [2.45, 2.75) is 12.6 Å². The van der Waals surface area contributed by atoms with Gasteiger partial charge in [0.2, 0.25) is 0 Å². The van der Waals surface area contributed by atoms with Crippen molar-refractivity contribution in [3.8, 4) is 0 Å². The van der Waals surface area contributed by atoms with Gasteiger partial charge >= 0.3 is 6.03 Å². The summed E-state index contributed by atoms with van der Waals surface area (Å²) < 4.78 is 0. The molecule has 1 aromatic carbocycles. The lowest BCUT2D eigenvalue weighted by atomic mass is 10.1. The minimum absolute atomic E-state index is 0.112. The zero-order valence-corrected chi connectivity index (χ0v) is 15.5. The molecule has 0 bridgehead atoms. The fourth-order valence-electron chi connectivity index (χ4n) is 3.05. The van der Waals surface area contributed by atoms with E-state index < -0.39 is 0 Å². The highest BCUT2D eigenvalue weighted by Gasteiger charge is 2.25. The maximum Gasteiger partial charge on any atom is 0.315 e. The first kappa shape index (κ1) is 17.9. The first-order valence-corrected chi connectivity index (χ1v) is 9.62. The second-order valence-corrected chi connectivity index (χ2v) is 7.40. The number of nitrogens with one attached hydrogen (secondary N) is 2. The average Bonchev–Trinajstić information content (AvgIpc) is 3.17. The first-order chi connectivity index (χ1) is 12.2. The van der Waals surface area contributed by atoms with E-state index in [9.17, 15) is 4.79 Å². The Labute approximate surface area is 153 Å². The number of hydrogen-bond acceptors (Lipinski definition) is 4. The molecule has 3 rings (SSSR count). The minimum atomic E-state index is -0.112. The largest absolute Gasteiger partial charge is 0.336 e. The van der Waals surface area contributed by atoms with E-state index in [1.54, 1.807) is 11.3 Å². The van der Waals surface area contributed by atoms with E-state index in [1.165, 1.54) is 4.88 Å². The third-order valence-electron chi connectivity index (χ3n) is 4.60. The molecule has 1 aliphatic rings. The van der Waals surface area contributed by atoms with E-state index in [0.717, 1.165) is 31.7 Å². The maximum atomic E-state index is 12.2. The smallest absolute Gasteiger partial charge is 0.315 e. The SMILES string of the molecule is CN1CCN(C(CNC(=O)NCc2ccccc2)c2cccs2)CC1. The summed E-state index contributed by atoms with van der Waals surface area (Å²) >= 11 is 1.76. The summed E-state index contributed by atoms with van der Waals surface area (Å²) in [4.78, 5) is 18.3. The molecule has 0 radical (unpaired) electrons. The Morgan fingerprint density at radius 3 is 2.52 bits per heavy atom. The van der Waals surface area contributed by atoms with E-state index in [1.807, 2.05) is 30.3 Å². The van der Waals surface area contributed by atoms with Gasteiger partial charge in [-0.05, 0) is 24.1 Å². The fourth-order valence-corrected chi connectivity index (χ4v) is 3.92. The number of carbonyl (C=O) groups excluding carboxylic acids is 1. The summed E-state index contributed by atoms with van der Waals surface area (Å²) in [7, 11) is 2.16. The summed E-state index contributed by atoms with van der Waals surface area (Å²) in [6.45, 7) is 5.39. The molecule has 5 nitrogen and oxygen atoms in total. The van der Waals surface area contributed by atoms with Crippen LogP contribution in [0.3, 0.4) is 0 Å². The van der Waals surface area contributed by atoms with Crippen LogP contribution < -0.4 is 10.6 Å². The molecule has 0 aliphatic carbocycles. The van der Waals surface area contributed by atoms with Crippen LogP contribution in [-0.2, 0) is 6.54 Å². The predicted molar refractivity (Wildman–Crippen MR) is 103 cm³/mol. The van der Waals surface area contributed by atoms with Crippen LogP contribution in [0.2, 0.25) is 0 Å². The van der Waals surface area contributed by atoms with Gasteiger partial charge in [-0.3, -0.25) is 4.90 Å². The molecule has 1 atom stereocenters. The van der Waals surface area contributed by atoms with Crippen molar-refractivity contribution in [1.29, 1.82) is 0 Å². The Bertz CT molecular complexity index is 639. The second kappa shape index (κ2) is 8.99. The summed E-state index contributed by atoms with van der Waals surface area (Å²) in [5.74, 6) is 0. The van der Waals surface area contributed by atoms with E-state index >= 15 is 0 Å². The number of nitrogens with zero attached hydrogens (tertiary/aromatic N) is 2. The van der Waals surface area contributed by atoms with Gasteiger partial charge in [0.05, 0.1) is 6.04 Å². The molecule has 2 aromatic rings. The predicted octanol–water partition coefficient (Wildman–Crippen LogP) is 2.54. The van der Waals surface area contributed by atoms with Crippen LogP contribution in [0.5, 0.6) is 0 Å². The normalized spacial score (nSPS) is 17.2. The minimum Gasteiger partial charge on any atom is -0.336 e. The van der Waals surface area contributed by atoms with Crippen LogP contribution in [0, 0.1) is 0 Å². The van der Waals surface area contributed by atoms with Crippen molar-refractivity contribution < 1.29 is 4.79 Å².